The Labute approximate surface area is 102 Å². The second-order valence-electron chi connectivity index (χ2n) is 4.63. The Morgan fingerprint density at radius 2 is 1.94 bits per heavy atom. The first kappa shape index (κ1) is 12.1. The molecule has 0 saturated heterocycles. The van der Waals surface area contributed by atoms with Crippen LogP contribution in [-0.2, 0) is 4.79 Å². The summed E-state index contributed by atoms with van der Waals surface area (Å²) in [7, 11) is 0. The number of nitrogens with one attached hydrogen (secondary N) is 1. The molecule has 17 heavy (non-hydrogen) atoms. The summed E-state index contributed by atoms with van der Waals surface area (Å²) in [6, 6.07) is 7.93. The van der Waals surface area contributed by atoms with Gasteiger partial charge in [-0.15, -0.1) is 0 Å². The number of benzene rings is 1. The van der Waals surface area contributed by atoms with Crippen molar-refractivity contribution in [2.75, 3.05) is 11.9 Å². The number of anilines is 1. The fourth-order valence-electron chi connectivity index (χ4n) is 2.57. The summed E-state index contributed by atoms with van der Waals surface area (Å²) in [4.78, 5) is 11.3. The minimum atomic E-state index is -0.459. The van der Waals surface area contributed by atoms with Crippen molar-refractivity contribution in [1.82, 2.24) is 0 Å². The van der Waals surface area contributed by atoms with E-state index in [1.807, 2.05) is 18.2 Å². The fraction of sp³-hybridized carbons (Fsp3) is 0.500. The molecule has 0 atom stereocenters. The van der Waals surface area contributed by atoms with Crippen molar-refractivity contribution in [2.45, 2.75) is 38.0 Å². The Bertz CT molecular complexity index is 384. The lowest BCUT2D eigenvalue weighted by Gasteiger charge is -2.24. The molecule has 0 heterocycles. The molecule has 1 fully saturated rings. The van der Waals surface area contributed by atoms with Crippen molar-refractivity contribution in [3.8, 4) is 0 Å². The third-order valence-corrected chi connectivity index (χ3v) is 3.42. The van der Waals surface area contributed by atoms with E-state index in [-0.39, 0.29) is 5.91 Å². The van der Waals surface area contributed by atoms with Crippen LogP contribution in [0.3, 0.4) is 0 Å². The average Bonchev–Trinajstić information content (AvgIpc) is 2.40. The molecule has 1 amide bonds. The normalized spacial score (nSPS) is 16.8. The van der Waals surface area contributed by atoms with Crippen LogP contribution in [0, 0.1) is 0 Å². The third kappa shape index (κ3) is 3.07. The first-order valence-corrected chi connectivity index (χ1v) is 6.31. The SMILES string of the molecule is O=C(CO)Nc1ccccc1C1CCCCC1. The zero-order valence-corrected chi connectivity index (χ0v) is 9.98. The van der Waals surface area contributed by atoms with Crippen molar-refractivity contribution in [3.63, 3.8) is 0 Å². The molecule has 0 radical (unpaired) electrons. The first-order valence-electron chi connectivity index (χ1n) is 6.31. The second kappa shape index (κ2) is 5.82. The highest BCUT2D eigenvalue weighted by atomic mass is 16.3. The van der Waals surface area contributed by atoms with E-state index in [0.717, 1.165) is 5.69 Å². The van der Waals surface area contributed by atoms with Gasteiger partial charge in [-0.2, -0.15) is 0 Å². The Morgan fingerprint density at radius 3 is 2.65 bits per heavy atom. The van der Waals surface area contributed by atoms with Crippen molar-refractivity contribution in [2.24, 2.45) is 0 Å². The van der Waals surface area contributed by atoms with E-state index in [0.29, 0.717) is 5.92 Å². The van der Waals surface area contributed by atoms with Crippen LogP contribution in [0.15, 0.2) is 24.3 Å². The topological polar surface area (TPSA) is 49.3 Å². The van der Waals surface area contributed by atoms with E-state index in [9.17, 15) is 4.79 Å². The van der Waals surface area contributed by atoms with Gasteiger partial charge in [-0.3, -0.25) is 4.79 Å². The highest BCUT2D eigenvalue weighted by molar-refractivity contribution is 5.92. The van der Waals surface area contributed by atoms with Crippen LogP contribution in [0.5, 0.6) is 0 Å². The molecule has 0 bridgehead atoms. The molecule has 1 aliphatic carbocycles. The number of para-hydroxylation sites is 1. The van der Waals surface area contributed by atoms with Crippen LogP contribution in [-0.4, -0.2) is 17.6 Å². The van der Waals surface area contributed by atoms with Gasteiger partial charge in [0.05, 0.1) is 0 Å². The predicted molar refractivity (Wildman–Crippen MR) is 68.0 cm³/mol. The highest BCUT2D eigenvalue weighted by Gasteiger charge is 2.18. The molecule has 1 saturated carbocycles. The Balaban J connectivity index is 2.17. The zero-order valence-electron chi connectivity index (χ0n) is 9.98. The lowest BCUT2D eigenvalue weighted by Crippen LogP contribution is -2.17. The number of carbonyl (C=O) groups excluding carboxylic acids is 1. The van der Waals surface area contributed by atoms with Crippen molar-refractivity contribution >= 4 is 11.6 Å². The smallest absolute Gasteiger partial charge is 0.250 e. The van der Waals surface area contributed by atoms with Gasteiger partial charge < -0.3 is 10.4 Å². The molecule has 92 valence electrons. The van der Waals surface area contributed by atoms with Gasteiger partial charge in [0.15, 0.2) is 0 Å². The molecular formula is C14H19NO2. The molecule has 0 unspecified atom stereocenters. The molecule has 2 N–H and O–H groups in total. The maximum Gasteiger partial charge on any atom is 0.250 e. The summed E-state index contributed by atoms with van der Waals surface area (Å²) in [5.41, 5.74) is 2.08. The van der Waals surface area contributed by atoms with Gasteiger partial charge in [0.2, 0.25) is 5.91 Å². The van der Waals surface area contributed by atoms with E-state index < -0.39 is 6.61 Å². The number of hydrogen-bond donors (Lipinski definition) is 2. The molecule has 3 nitrogen and oxygen atoms in total. The Hall–Kier alpha value is -1.35. The second-order valence-corrected chi connectivity index (χ2v) is 4.63. The van der Waals surface area contributed by atoms with Gasteiger partial charge in [-0.1, -0.05) is 37.5 Å². The van der Waals surface area contributed by atoms with Crippen LogP contribution < -0.4 is 5.32 Å². The van der Waals surface area contributed by atoms with Crippen LogP contribution in [0.25, 0.3) is 0 Å². The molecule has 0 spiro atoms. The number of aliphatic hydroxyl groups is 1. The van der Waals surface area contributed by atoms with Gasteiger partial charge in [-0.05, 0) is 30.4 Å². The maximum absolute atomic E-state index is 11.3. The first-order chi connectivity index (χ1) is 8.31. The van der Waals surface area contributed by atoms with E-state index in [1.54, 1.807) is 0 Å². The van der Waals surface area contributed by atoms with E-state index >= 15 is 0 Å². The third-order valence-electron chi connectivity index (χ3n) is 3.42. The number of rotatable bonds is 3. The zero-order chi connectivity index (χ0) is 12.1. The molecule has 0 aromatic heterocycles. The quantitative estimate of drug-likeness (QED) is 0.843. The van der Waals surface area contributed by atoms with Gasteiger partial charge in [0.1, 0.15) is 6.61 Å². The number of hydrogen-bond acceptors (Lipinski definition) is 2. The number of amides is 1. The Kier molecular flexibility index (Phi) is 4.15. The fourth-order valence-corrected chi connectivity index (χ4v) is 2.57. The maximum atomic E-state index is 11.3. The van der Waals surface area contributed by atoms with Gasteiger partial charge in [0.25, 0.3) is 0 Å². The minimum absolute atomic E-state index is 0.340. The summed E-state index contributed by atoms with van der Waals surface area (Å²) in [5.74, 6) is 0.215. The van der Waals surface area contributed by atoms with E-state index in [4.69, 9.17) is 5.11 Å². The Morgan fingerprint density at radius 1 is 1.24 bits per heavy atom. The summed E-state index contributed by atoms with van der Waals surface area (Å²) in [5, 5.41) is 11.6. The highest BCUT2D eigenvalue weighted by Crippen LogP contribution is 2.36. The lowest BCUT2D eigenvalue weighted by molar-refractivity contribution is -0.118. The van der Waals surface area contributed by atoms with Gasteiger partial charge >= 0.3 is 0 Å². The largest absolute Gasteiger partial charge is 0.387 e. The molecule has 1 aromatic rings. The summed E-state index contributed by atoms with van der Waals surface area (Å²) < 4.78 is 0. The standard InChI is InChI=1S/C14H19NO2/c16-10-14(17)15-13-9-5-4-8-12(13)11-6-2-1-3-7-11/h4-5,8-9,11,16H,1-3,6-7,10H2,(H,15,17). The average molecular weight is 233 g/mol. The van der Waals surface area contributed by atoms with Gasteiger partial charge in [-0.25, -0.2) is 0 Å². The van der Waals surface area contributed by atoms with Crippen LogP contribution in [0.1, 0.15) is 43.6 Å². The number of carbonyl (C=O) groups is 1. The van der Waals surface area contributed by atoms with Crippen molar-refractivity contribution < 1.29 is 9.90 Å². The van der Waals surface area contributed by atoms with Crippen molar-refractivity contribution in [3.05, 3.63) is 29.8 Å². The molecule has 1 aromatic carbocycles. The monoisotopic (exact) mass is 233 g/mol. The molecular weight excluding hydrogens is 214 g/mol. The van der Waals surface area contributed by atoms with Crippen molar-refractivity contribution in [1.29, 1.82) is 0 Å². The van der Waals surface area contributed by atoms with Crippen LogP contribution in [0.2, 0.25) is 0 Å². The van der Waals surface area contributed by atoms with E-state index in [2.05, 4.69) is 11.4 Å². The molecule has 3 heteroatoms. The van der Waals surface area contributed by atoms with Gasteiger partial charge in [0, 0.05) is 5.69 Å². The lowest BCUT2D eigenvalue weighted by atomic mass is 9.83. The summed E-state index contributed by atoms with van der Waals surface area (Å²) >= 11 is 0. The number of aliphatic hydroxyl groups excluding tert-OH is 1. The summed E-state index contributed by atoms with van der Waals surface area (Å²) in [6.45, 7) is -0.459. The van der Waals surface area contributed by atoms with Crippen LogP contribution >= 0.6 is 0 Å². The van der Waals surface area contributed by atoms with Crippen LogP contribution in [0.4, 0.5) is 5.69 Å². The van der Waals surface area contributed by atoms with E-state index in [1.165, 1.54) is 37.7 Å². The molecule has 0 aliphatic heterocycles. The summed E-state index contributed by atoms with van der Waals surface area (Å²) in [6.07, 6.45) is 6.26. The molecule has 1 aliphatic rings. The predicted octanol–water partition coefficient (Wildman–Crippen LogP) is 2.67. The molecule has 2 rings (SSSR count). The minimum Gasteiger partial charge on any atom is -0.387 e.